The van der Waals surface area contributed by atoms with Crippen LogP contribution < -0.4 is 10.7 Å². The molecule has 4 aliphatic rings. The third-order valence-corrected chi connectivity index (χ3v) is 14.9. The molecule has 0 aliphatic carbocycles. The molecular formula is C49H67N9O7S. The molecule has 3 saturated heterocycles. The molecule has 0 radical (unpaired) electrons. The van der Waals surface area contributed by atoms with Crippen molar-refractivity contribution in [2.75, 3.05) is 67.2 Å². The van der Waals surface area contributed by atoms with E-state index in [4.69, 9.17) is 24.2 Å². The van der Waals surface area contributed by atoms with Gasteiger partial charge in [0, 0.05) is 80.4 Å². The minimum atomic E-state index is -1.17. The number of carbonyl (C=O) groups excluding carboxylic acids is 4. The number of hydrogen-bond donors (Lipinski definition) is 2. The van der Waals surface area contributed by atoms with E-state index in [1.165, 1.54) is 21.2 Å². The first-order valence-corrected chi connectivity index (χ1v) is 24.3. The molecule has 4 aliphatic heterocycles. The van der Waals surface area contributed by atoms with Gasteiger partial charge in [-0.25, -0.2) is 15.2 Å². The van der Waals surface area contributed by atoms with E-state index in [0.717, 1.165) is 64.1 Å². The number of fused-ring (bicyclic) bond motifs is 7. The zero-order valence-electron chi connectivity index (χ0n) is 40.0. The lowest BCUT2D eigenvalue weighted by Gasteiger charge is -2.42. The van der Waals surface area contributed by atoms with Crippen LogP contribution in [0, 0.1) is 11.3 Å². The highest BCUT2D eigenvalue weighted by atomic mass is 32.1. The van der Waals surface area contributed by atoms with Gasteiger partial charge in [-0.1, -0.05) is 33.8 Å². The highest BCUT2D eigenvalue weighted by Crippen LogP contribution is 2.42. The van der Waals surface area contributed by atoms with Crippen molar-refractivity contribution in [3.63, 3.8) is 0 Å². The van der Waals surface area contributed by atoms with Gasteiger partial charge < -0.3 is 38.7 Å². The van der Waals surface area contributed by atoms with E-state index in [9.17, 15) is 19.2 Å². The molecule has 16 nitrogen and oxygen atoms in total. The average molecular weight is 926 g/mol. The van der Waals surface area contributed by atoms with E-state index < -0.39 is 34.9 Å². The number of nitrogens with zero attached hydrogens (tertiary/aromatic N) is 7. The van der Waals surface area contributed by atoms with Gasteiger partial charge in [0.2, 0.25) is 5.91 Å². The first kappa shape index (κ1) is 47.7. The third kappa shape index (κ3) is 9.39. The largest absolute Gasteiger partial charge is 0.378 e. The summed E-state index contributed by atoms with van der Waals surface area (Å²) in [7, 11) is 5.40. The van der Waals surface area contributed by atoms with E-state index >= 15 is 0 Å². The molecule has 0 unspecified atom stereocenters. The quantitative estimate of drug-likeness (QED) is 0.209. The number of likely N-dealkylation sites (tertiary alicyclic amines) is 1. The monoisotopic (exact) mass is 925 g/mol. The number of aldehydes is 1. The van der Waals surface area contributed by atoms with Gasteiger partial charge in [-0.2, -0.15) is 0 Å². The number of pyridine rings is 1. The standard InChI is InChI=1S/C49H67N9O7S/c1-10-57-38-15-14-32-21-34(38)35(44(57)33-13-11-17-50-42(33)31(4)63-9)23-48(5,6)28-64-29-49(27-59)16-12-18-58(53-49)46(61)36(22-41-51-37(32)26-66-41)52-45(60)43(30(2)3)55(8)47(62)56-24-39-40(25-56)65-20-19-54(39)7/h11,13-15,17,21,26-27,30-31,36,39-40,43,53H,10,12,16,18-20,22-25,28-29H2,1-9H3,(H,52,60)/t31-,36-,39+,40+,43-,49-/m0/s1. The molecule has 1 aromatic carbocycles. The van der Waals surface area contributed by atoms with Crippen LogP contribution in [0.1, 0.15) is 76.8 Å². The van der Waals surface area contributed by atoms with Crippen molar-refractivity contribution in [2.45, 2.75) is 110 Å². The van der Waals surface area contributed by atoms with Gasteiger partial charge in [0.25, 0.3) is 5.91 Å². The molecule has 0 saturated carbocycles. The highest BCUT2D eigenvalue weighted by molar-refractivity contribution is 7.10. The zero-order chi connectivity index (χ0) is 47.1. The number of thiazole rings is 1. The van der Waals surface area contributed by atoms with E-state index in [2.05, 4.69) is 65.2 Å². The molecule has 2 N–H and O–H groups in total. The van der Waals surface area contributed by atoms with Gasteiger partial charge in [0.1, 0.15) is 23.9 Å². The Labute approximate surface area is 392 Å². The summed E-state index contributed by atoms with van der Waals surface area (Å²) >= 11 is 1.43. The Bertz CT molecular complexity index is 2440. The van der Waals surface area contributed by atoms with Crippen LogP contribution in [0.25, 0.3) is 33.4 Å². The number of carbonyl (C=O) groups is 4. The van der Waals surface area contributed by atoms with E-state index in [1.54, 1.807) is 19.1 Å². The summed E-state index contributed by atoms with van der Waals surface area (Å²) in [6.07, 6.45) is 4.09. The second-order valence-electron chi connectivity index (χ2n) is 19.8. The minimum absolute atomic E-state index is 0.0454. The summed E-state index contributed by atoms with van der Waals surface area (Å²) in [4.78, 5) is 72.0. The van der Waals surface area contributed by atoms with Gasteiger partial charge in [-0.15, -0.1) is 11.3 Å². The summed E-state index contributed by atoms with van der Waals surface area (Å²) in [5, 5.41) is 8.28. The maximum Gasteiger partial charge on any atom is 0.320 e. The lowest BCUT2D eigenvalue weighted by Crippen LogP contribution is -2.66. The van der Waals surface area contributed by atoms with Gasteiger partial charge in [-0.05, 0) is 81.3 Å². The third-order valence-electron chi connectivity index (χ3n) is 14.0. The number of aromatic nitrogens is 3. The van der Waals surface area contributed by atoms with Crippen LogP contribution in [0.3, 0.4) is 0 Å². The van der Waals surface area contributed by atoms with Crippen molar-refractivity contribution in [2.24, 2.45) is 11.3 Å². The molecule has 356 valence electrons. The molecule has 8 rings (SSSR count). The van der Waals surface area contributed by atoms with Crippen LogP contribution in [0.2, 0.25) is 0 Å². The van der Waals surface area contributed by atoms with Crippen LogP contribution >= 0.6 is 11.3 Å². The van der Waals surface area contributed by atoms with E-state index in [0.29, 0.717) is 57.1 Å². The van der Waals surface area contributed by atoms with Crippen molar-refractivity contribution >= 4 is 46.4 Å². The Kier molecular flexibility index (Phi) is 14.1. The molecule has 0 spiro atoms. The normalized spacial score (nSPS) is 24.8. The summed E-state index contributed by atoms with van der Waals surface area (Å²) in [5.74, 6) is -1.13. The number of ether oxygens (including phenoxy) is 3. The molecule has 17 heteroatoms. The molecule has 3 aromatic heterocycles. The highest BCUT2D eigenvalue weighted by Gasteiger charge is 2.45. The fraction of sp³-hybridized carbons (Fsp3) is 0.592. The van der Waals surface area contributed by atoms with Crippen molar-refractivity contribution in [1.82, 2.24) is 45.0 Å². The number of rotatable bonds is 9. The predicted molar refractivity (Wildman–Crippen MR) is 254 cm³/mol. The van der Waals surface area contributed by atoms with Crippen molar-refractivity contribution in [3.05, 3.63) is 58.2 Å². The number of amides is 4. The maximum absolute atomic E-state index is 14.8. The summed E-state index contributed by atoms with van der Waals surface area (Å²) < 4.78 is 20.7. The SMILES string of the molecule is CCn1c(-c2cccnc2[C@H](C)OC)c2c3cc(ccc31)-c1csc(n1)C[C@H](NC(=O)[C@H](C(C)C)N(C)C(=O)N1C[C@@H]3[C@@H](C1)OCCN3C)C(=O)N1CCC[C@](C=O)(COCC(C)(C)C2)N1. The number of aryl methyl sites for hydroxylation is 1. The molecule has 6 bridgehead atoms. The second kappa shape index (κ2) is 19.4. The predicted octanol–water partition coefficient (Wildman–Crippen LogP) is 5.34. The number of hydrazine groups is 1. The first-order valence-electron chi connectivity index (χ1n) is 23.4. The number of morpholine rings is 1. The van der Waals surface area contributed by atoms with E-state index in [1.807, 2.05) is 45.5 Å². The van der Waals surface area contributed by atoms with Gasteiger partial charge in [0.15, 0.2) is 0 Å². The average Bonchev–Trinajstić information content (AvgIpc) is 4.04. The van der Waals surface area contributed by atoms with Crippen LogP contribution in [0.4, 0.5) is 4.79 Å². The smallest absolute Gasteiger partial charge is 0.320 e. The maximum atomic E-state index is 14.8. The topological polar surface area (TPSA) is 164 Å². The molecule has 66 heavy (non-hydrogen) atoms. The molecular weight excluding hydrogens is 859 g/mol. The van der Waals surface area contributed by atoms with Crippen molar-refractivity contribution in [1.29, 1.82) is 0 Å². The number of urea groups is 1. The Morgan fingerprint density at radius 1 is 1.15 bits per heavy atom. The van der Waals surface area contributed by atoms with Crippen LogP contribution in [-0.2, 0) is 48.0 Å². The lowest BCUT2D eigenvalue weighted by atomic mass is 9.84. The Morgan fingerprint density at radius 3 is 2.68 bits per heavy atom. The number of benzene rings is 1. The molecule has 4 amide bonds. The van der Waals surface area contributed by atoms with Crippen LogP contribution in [0.5, 0.6) is 0 Å². The Hall–Kier alpha value is -4.78. The van der Waals surface area contributed by atoms with Crippen molar-refractivity contribution in [3.8, 4) is 22.5 Å². The lowest BCUT2D eigenvalue weighted by molar-refractivity contribution is -0.147. The summed E-state index contributed by atoms with van der Waals surface area (Å²) in [6.45, 7) is 16.1. The van der Waals surface area contributed by atoms with E-state index in [-0.39, 0.29) is 43.2 Å². The molecule has 3 fully saturated rings. The fourth-order valence-electron chi connectivity index (χ4n) is 10.5. The first-order chi connectivity index (χ1) is 31.6. The summed E-state index contributed by atoms with van der Waals surface area (Å²) in [6, 6.07) is 8.43. The van der Waals surface area contributed by atoms with Crippen LogP contribution in [-0.4, -0.2) is 155 Å². The number of nitrogens with one attached hydrogen (secondary N) is 2. The number of methoxy groups -OCH3 is 1. The minimum Gasteiger partial charge on any atom is -0.378 e. The molecule has 7 heterocycles. The molecule has 4 aromatic rings. The molecule has 6 atom stereocenters. The number of likely N-dealkylation sites (N-methyl/N-ethyl adjacent to an activating group) is 2. The Balaban J connectivity index is 1.16. The Morgan fingerprint density at radius 2 is 1.95 bits per heavy atom. The van der Waals surface area contributed by atoms with Gasteiger partial charge in [0.05, 0.1) is 66.7 Å². The zero-order valence-corrected chi connectivity index (χ0v) is 40.8. The second-order valence-corrected chi connectivity index (χ2v) is 20.7. The summed E-state index contributed by atoms with van der Waals surface area (Å²) in [5.41, 5.74) is 8.56. The van der Waals surface area contributed by atoms with Crippen molar-refractivity contribution < 1.29 is 33.4 Å². The number of hydrogen-bond acceptors (Lipinski definition) is 12. The van der Waals surface area contributed by atoms with Gasteiger partial charge >= 0.3 is 6.03 Å². The van der Waals surface area contributed by atoms with Gasteiger partial charge in [-0.3, -0.25) is 24.5 Å². The van der Waals surface area contributed by atoms with Crippen LogP contribution in [0.15, 0.2) is 41.9 Å². The fourth-order valence-corrected chi connectivity index (χ4v) is 11.3.